The summed E-state index contributed by atoms with van der Waals surface area (Å²) in [5.74, 6) is 1.23. The predicted molar refractivity (Wildman–Crippen MR) is 105 cm³/mol. The summed E-state index contributed by atoms with van der Waals surface area (Å²) in [5, 5.41) is 12.3. The summed E-state index contributed by atoms with van der Waals surface area (Å²) in [4.78, 5) is 17.2. The molecule has 0 radical (unpaired) electrons. The van der Waals surface area contributed by atoms with Gasteiger partial charge in [0.05, 0.1) is 6.20 Å². The lowest BCUT2D eigenvalue weighted by atomic mass is 9.94. The molecule has 0 aliphatic rings. The van der Waals surface area contributed by atoms with Crippen molar-refractivity contribution in [3.05, 3.63) is 77.3 Å². The van der Waals surface area contributed by atoms with Crippen LogP contribution in [0.5, 0.6) is 0 Å². The Labute approximate surface area is 163 Å². The molecule has 0 aliphatic heterocycles. The van der Waals surface area contributed by atoms with Crippen molar-refractivity contribution in [1.82, 2.24) is 29.4 Å². The zero-order valence-electron chi connectivity index (χ0n) is 16.2. The Morgan fingerprint density at radius 1 is 1.21 bits per heavy atom. The standard InChI is InChI=1S/C21H22N6O/c1-14(9-21-25-22-13-26(21)3)17-6-4-5-16(11-17)12-19(28)18-10-15(2)27-20(24-18)7-8-23-27/h4-8,10-11,13-14H,9,12H2,1-3H3/t14-/m1/s1. The van der Waals surface area contributed by atoms with Crippen LogP contribution < -0.4 is 0 Å². The molecule has 0 fully saturated rings. The number of aryl methyl sites for hydroxylation is 2. The number of aromatic nitrogens is 6. The van der Waals surface area contributed by atoms with Gasteiger partial charge in [-0.15, -0.1) is 10.2 Å². The number of hydrogen-bond acceptors (Lipinski definition) is 5. The van der Waals surface area contributed by atoms with E-state index in [1.165, 1.54) is 5.56 Å². The number of carbonyl (C=O) groups is 1. The Morgan fingerprint density at radius 2 is 2.07 bits per heavy atom. The molecule has 1 atom stereocenters. The van der Waals surface area contributed by atoms with Gasteiger partial charge >= 0.3 is 0 Å². The van der Waals surface area contributed by atoms with Crippen molar-refractivity contribution in [3.63, 3.8) is 0 Å². The fourth-order valence-electron chi connectivity index (χ4n) is 3.38. The average Bonchev–Trinajstić information content (AvgIpc) is 3.31. The predicted octanol–water partition coefficient (Wildman–Crippen LogP) is 2.94. The highest BCUT2D eigenvalue weighted by molar-refractivity contribution is 5.96. The summed E-state index contributed by atoms with van der Waals surface area (Å²) in [7, 11) is 1.95. The Bertz CT molecular complexity index is 1140. The fourth-order valence-corrected chi connectivity index (χ4v) is 3.38. The van der Waals surface area contributed by atoms with Crippen LogP contribution in [0.2, 0.25) is 0 Å². The minimum Gasteiger partial charge on any atom is -0.321 e. The number of ketones is 1. The summed E-state index contributed by atoms with van der Waals surface area (Å²) in [5.41, 5.74) is 4.23. The number of nitrogens with zero attached hydrogens (tertiary/aromatic N) is 6. The molecule has 1 aromatic carbocycles. The number of fused-ring (bicyclic) bond motifs is 1. The molecule has 7 nitrogen and oxygen atoms in total. The van der Waals surface area contributed by atoms with E-state index in [1.54, 1.807) is 29.2 Å². The van der Waals surface area contributed by atoms with Crippen LogP contribution in [0.1, 0.15) is 46.0 Å². The molecule has 3 aromatic heterocycles. The highest BCUT2D eigenvalue weighted by Gasteiger charge is 2.14. The molecular formula is C21H22N6O. The molecule has 4 aromatic rings. The van der Waals surface area contributed by atoms with Crippen molar-refractivity contribution < 1.29 is 4.79 Å². The van der Waals surface area contributed by atoms with E-state index in [9.17, 15) is 4.79 Å². The minimum absolute atomic E-state index is 0.00454. The van der Waals surface area contributed by atoms with Crippen LogP contribution in [0.25, 0.3) is 5.65 Å². The Morgan fingerprint density at radius 3 is 2.86 bits per heavy atom. The second kappa shape index (κ2) is 7.34. The Kier molecular flexibility index (Phi) is 4.73. The molecule has 28 heavy (non-hydrogen) atoms. The van der Waals surface area contributed by atoms with E-state index in [-0.39, 0.29) is 11.7 Å². The van der Waals surface area contributed by atoms with E-state index in [1.807, 2.05) is 30.7 Å². The molecule has 4 rings (SSSR count). The van der Waals surface area contributed by atoms with Gasteiger partial charge in [0.1, 0.15) is 17.8 Å². The molecule has 142 valence electrons. The van der Waals surface area contributed by atoms with Crippen LogP contribution in [0.3, 0.4) is 0 Å². The second-order valence-corrected chi connectivity index (χ2v) is 7.19. The molecule has 0 spiro atoms. The molecule has 3 heterocycles. The van der Waals surface area contributed by atoms with Crippen LogP contribution in [0, 0.1) is 6.92 Å². The van der Waals surface area contributed by atoms with E-state index in [0.717, 1.165) is 23.5 Å². The van der Waals surface area contributed by atoms with Gasteiger partial charge in [0.25, 0.3) is 0 Å². The summed E-state index contributed by atoms with van der Waals surface area (Å²) >= 11 is 0. The summed E-state index contributed by atoms with van der Waals surface area (Å²) < 4.78 is 3.66. The normalized spacial score (nSPS) is 12.4. The number of Topliss-reactive ketones (excluding diaryl/α,β-unsaturated/α-hetero) is 1. The van der Waals surface area contributed by atoms with Crippen LogP contribution in [0.15, 0.2) is 48.9 Å². The third-order valence-electron chi connectivity index (χ3n) is 5.00. The fraction of sp³-hybridized carbons (Fsp3) is 0.286. The van der Waals surface area contributed by atoms with Crippen LogP contribution in [0.4, 0.5) is 0 Å². The quantitative estimate of drug-likeness (QED) is 0.485. The molecule has 0 N–H and O–H groups in total. The lowest BCUT2D eigenvalue weighted by Gasteiger charge is -2.13. The second-order valence-electron chi connectivity index (χ2n) is 7.19. The van der Waals surface area contributed by atoms with Crippen molar-refractivity contribution in [1.29, 1.82) is 0 Å². The van der Waals surface area contributed by atoms with Gasteiger partial charge in [-0.3, -0.25) is 4.79 Å². The van der Waals surface area contributed by atoms with E-state index >= 15 is 0 Å². The first-order chi connectivity index (χ1) is 13.5. The van der Waals surface area contributed by atoms with E-state index < -0.39 is 0 Å². The van der Waals surface area contributed by atoms with E-state index in [2.05, 4.69) is 39.3 Å². The van der Waals surface area contributed by atoms with E-state index in [0.29, 0.717) is 17.8 Å². The molecule has 0 bridgehead atoms. The monoisotopic (exact) mass is 374 g/mol. The van der Waals surface area contributed by atoms with Gasteiger partial charge in [-0.2, -0.15) is 5.10 Å². The van der Waals surface area contributed by atoms with Crippen molar-refractivity contribution in [2.24, 2.45) is 7.05 Å². The molecule has 0 saturated carbocycles. The van der Waals surface area contributed by atoms with E-state index in [4.69, 9.17) is 0 Å². The van der Waals surface area contributed by atoms with Crippen molar-refractivity contribution in [2.45, 2.75) is 32.6 Å². The largest absolute Gasteiger partial charge is 0.321 e. The van der Waals surface area contributed by atoms with Crippen LogP contribution in [-0.2, 0) is 19.9 Å². The van der Waals surface area contributed by atoms with Gasteiger partial charge in [-0.05, 0) is 30.0 Å². The molecule has 0 aliphatic carbocycles. The van der Waals surface area contributed by atoms with Gasteiger partial charge in [-0.25, -0.2) is 9.50 Å². The zero-order chi connectivity index (χ0) is 19.7. The maximum Gasteiger partial charge on any atom is 0.185 e. The van der Waals surface area contributed by atoms with Crippen LogP contribution in [-0.4, -0.2) is 35.1 Å². The molecule has 0 unspecified atom stereocenters. The molecule has 0 amide bonds. The van der Waals surface area contributed by atoms with Gasteiger partial charge in [0.2, 0.25) is 0 Å². The number of carbonyl (C=O) groups excluding carboxylic acids is 1. The minimum atomic E-state index is 0.00454. The maximum absolute atomic E-state index is 12.8. The van der Waals surface area contributed by atoms with Gasteiger partial charge in [-0.1, -0.05) is 31.2 Å². The van der Waals surface area contributed by atoms with Gasteiger partial charge in [0, 0.05) is 31.6 Å². The third-order valence-corrected chi connectivity index (χ3v) is 5.00. The Balaban J connectivity index is 1.52. The Hall–Kier alpha value is -3.35. The molecule has 0 saturated heterocycles. The van der Waals surface area contributed by atoms with Crippen LogP contribution >= 0.6 is 0 Å². The maximum atomic E-state index is 12.8. The topological polar surface area (TPSA) is 78.0 Å². The first-order valence-corrected chi connectivity index (χ1v) is 9.27. The first kappa shape index (κ1) is 18.0. The zero-order valence-corrected chi connectivity index (χ0v) is 16.2. The highest BCUT2D eigenvalue weighted by Crippen LogP contribution is 2.21. The smallest absolute Gasteiger partial charge is 0.185 e. The molecule has 7 heteroatoms. The lowest BCUT2D eigenvalue weighted by Crippen LogP contribution is -2.10. The van der Waals surface area contributed by atoms with Crippen molar-refractivity contribution in [2.75, 3.05) is 0 Å². The van der Waals surface area contributed by atoms with Gasteiger partial charge in [0.15, 0.2) is 11.4 Å². The summed E-state index contributed by atoms with van der Waals surface area (Å²) in [6.07, 6.45) is 4.52. The highest BCUT2D eigenvalue weighted by atomic mass is 16.1. The molecular weight excluding hydrogens is 352 g/mol. The third kappa shape index (κ3) is 3.55. The summed E-state index contributed by atoms with van der Waals surface area (Å²) in [6, 6.07) is 11.8. The summed E-state index contributed by atoms with van der Waals surface area (Å²) in [6.45, 7) is 4.08. The number of rotatable bonds is 6. The lowest BCUT2D eigenvalue weighted by molar-refractivity contribution is 0.0988. The van der Waals surface area contributed by atoms with Gasteiger partial charge < -0.3 is 4.57 Å². The van der Waals surface area contributed by atoms with Crippen molar-refractivity contribution in [3.8, 4) is 0 Å². The number of hydrogen-bond donors (Lipinski definition) is 0. The number of benzene rings is 1. The average molecular weight is 374 g/mol. The first-order valence-electron chi connectivity index (χ1n) is 9.27. The van der Waals surface area contributed by atoms with Crippen molar-refractivity contribution >= 4 is 11.4 Å². The SMILES string of the molecule is Cc1cc(C(=O)Cc2cccc([C@H](C)Cc3nncn3C)c2)nc2ccnn12.